The van der Waals surface area contributed by atoms with Crippen LogP contribution in [0.1, 0.15) is 48.5 Å². The lowest BCUT2D eigenvalue weighted by Crippen LogP contribution is -2.49. The summed E-state index contributed by atoms with van der Waals surface area (Å²) >= 11 is 0. The fourth-order valence-electron chi connectivity index (χ4n) is 4.75. The maximum absolute atomic E-state index is 12.6. The van der Waals surface area contributed by atoms with Crippen LogP contribution in [0.15, 0.2) is 42.5 Å². The Kier molecular flexibility index (Phi) is 7.54. The molecular weight excluding hydrogens is 436 g/mol. The van der Waals surface area contributed by atoms with Gasteiger partial charge in [0.1, 0.15) is 6.61 Å². The molecule has 2 aliphatic heterocycles. The van der Waals surface area contributed by atoms with Gasteiger partial charge in [-0.3, -0.25) is 9.69 Å². The predicted octanol–water partition coefficient (Wildman–Crippen LogP) is 3.61. The molecule has 2 aliphatic rings. The van der Waals surface area contributed by atoms with Crippen molar-refractivity contribution in [2.24, 2.45) is 0 Å². The van der Waals surface area contributed by atoms with Gasteiger partial charge in [0.2, 0.25) is 0 Å². The molecule has 0 saturated carbocycles. The average Bonchev–Trinajstić information content (AvgIpc) is 2.88. The summed E-state index contributed by atoms with van der Waals surface area (Å²) in [4.78, 5) is 29.0. The highest BCUT2D eigenvalue weighted by Crippen LogP contribution is 2.34. The topological polar surface area (TPSA) is 117 Å². The van der Waals surface area contributed by atoms with E-state index < -0.39 is 0 Å². The highest BCUT2D eigenvalue weighted by molar-refractivity contribution is 5.96. The lowest BCUT2D eigenvalue weighted by atomic mass is 9.99. The number of fused-ring (bicyclic) bond motifs is 1. The molecule has 182 valence electrons. The minimum atomic E-state index is -0.323. The Morgan fingerprint density at radius 2 is 1.97 bits per heavy atom. The van der Waals surface area contributed by atoms with E-state index in [4.69, 9.17) is 4.74 Å². The van der Waals surface area contributed by atoms with Gasteiger partial charge in [0.05, 0.1) is 24.0 Å². The fraction of sp³-hybridized carbons (Fsp3) is 0.440. The lowest BCUT2D eigenvalue weighted by molar-refractivity contribution is 0.0913. The quantitative estimate of drug-likeness (QED) is 0.508. The molecule has 2 aromatic rings. The molecule has 3 N–H and O–H groups in total. The molecule has 1 fully saturated rings. The molecule has 34 heavy (non-hydrogen) atoms. The Bertz CT molecular complexity index is 1020. The van der Waals surface area contributed by atoms with Crippen LogP contribution in [0.3, 0.4) is 0 Å². The number of carbonyl (C=O) groups is 2. The Morgan fingerprint density at radius 1 is 1.21 bits per heavy atom. The van der Waals surface area contributed by atoms with E-state index >= 15 is 0 Å². The molecule has 2 aromatic carbocycles. The van der Waals surface area contributed by atoms with E-state index in [1.807, 2.05) is 36.7 Å². The van der Waals surface area contributed by atoms with Crippen LogP contribution in [-0.2, 0) is 11.3 Å². The van der Waals surface area contributed by atoms with Crippen molar-refractivity contribution in [3.8, 4) is 0 Å². The van der Waals surface area contributed by atoms with Crippen molar-refractivity contribution in [1.82, 2.24) is 5.32 Å². The zero-order chi connectivity index (χ0) is 24.1. The van der Waals surface area contributed by atoms with Gasteiger partial charge in [-0.25, -0.2) is 4.79 Å². The van der Waals surface area contributed by atoms with E-state index in [9.17, 15) is 19.9 Å². The fourth-order valence-corrected chi connectivity index (χ4v) is 4.75. The van der Waals surface area contributed by atoms with E-state index in [1.165, 1.54) is 0 Å². The smallest absolute Gasteiger partial charge is 0.414 e. The summed E-state index contributed by atoms with van der Waals surface area (Å²) in [7, 11) is 0. The third kappa shape index (κ3) is 4.95. The van der Waals surface area contributed by atoms with Gasteiger partial charge in [0, 0.05) is 35.9 Å². The Balaban J connectivity index is 1.44. The van der Waals surface area contributed by atoms with Crippen LogP contribution < -0.4 is 20.6 Å². The zero-order valence-electron chi connectivity index (χ0n) is 19.3. The van der Waals surface area contributed by atoms with Crippen molar-refractivity contribution in [1.29, 1.82) is 0 Å². The van der Waals surface area contributed by atoms with Gasteiger partial charge in [-0.2, -0.15) is 0 Å². The number of carbonyl (C=O) groups excluding carboxylic acids is 2. The number of hydrogen-bond donors (Lipinski definition) is 3. The van der Waals surface area contributed by atoms with Crippen LogP contribution in [0.2, 0.25) is 0 Å². The standard InChI is InChI=1S/C25H31N4O5/c1-2-5-19(15-30)26-24(31)17-8-9-23(21(14-17)27-33)28-12-10-20(11-13-28)29-22-7-4-3-6-18(22)16-34-25(29)32/h3-4,6-9,14,19-20,27,30H,2,5,10-13,15-16H2,1H3,(H,26,31)/q-1. The molecule has 2 heterocycles. The third-order valence-corrected chi connectivity index (χ3v) is 6.53. The Morgan fingerprint density at radius 3 is 2.68 bits per heavy atom. The molecule has 1 atom stereocenters. The molecule has 0 radical (unpaired) electrons. The summed E-state index contributed by atoms with van der Waals surface area (Å²) in [5.41, 5.74) is 5.28. The van der Waals surface area contributed by atoms with Gasteiger partial charge in [0.15, 0.2) is 0 Å². The van der Waals surface area contributed by atoms with Crippen LogP contribution in [0.5, 0.6) is 0 Å². The largest absolute Gasteiger partial charge is 0.761 e. The minimum absolute atomic E-state index is 0.00731. The number of ether oxygens (including phenoxy) is 1. The molecule has 2 amide bonds. The van der Waals surface area contributed by atoms with Crippen LogP contribution in [0.25, 0.3) is 0 Å². The molecule has 0 bridgehead atoms. The van der Waals surface area contributed by atoms with Crippen molar-refractivity contribution >= 4 is 29.1 Å². The second kappa shape index (κ2) is 10.8. The third-order valence-electron chi connectivity index (χ3n) is 6.53. The van der Waals surface area contributed by atoms with Gasteiger partial charge < -0.3 is 30.7 Å². The molecule has 0 spiro atoms. The average molecular weight is 468 g/mol. The first-order chi connectivity index (χ1) is 16.5. The van der Waals surface area contributed by atoms with Gasteiger partial charge in [0.25, 0.3) is 5.91 Å². The maximum Gasteiger partial charge on any atom is 0.414 e. The number of aliphatic hydroxyl groups is 1. The van der Waals surface area contributed by atoms with Crippen molar-refractivity contribution in [2.75, 3.05) is 35.0 Å². The number of nitrogens with zero attached hydrogens (tertiary/aromatic N) is 2. The summed E-state index contributed by atoms with van der Waals surface area (Å²) in [5.74, 6) is -0.323. The van der Waals surface area contributed by atoms with E-state index in [1.54, 1.807) is 23.1 Å². The summed E-state index contributed by atoms with van der Waals surface area (Å²) < 4.78 is 5.37. The zero-order valence-corrected chi connectivity index (χ0v) is 19.3. The Hall–Kier alpha value is -3.30. The van der Waals surface area contributed by atoms with E-state index in [-0.39, 0.29) is 30.7 Å². The summed E-state index contributed by atoms with van der Waals surface area (Å²) in [6.07, 6.45) is 2.64. The number of cyclic esters (lactones) is 1. The number of para-hydroxylation sites is 1. The molecular formula is C25H31N4O5-. The number of aliphatic hydroxyl groups excluding tert-OH is 1. The molecule has 1 saturated heterocycles. The maximum atomic E-state index is 12.6. The second-order valence-corrected chi connectivity index (χ2v) is 8.75. The van der Waals surface area contributed by atoms with Gasteiger partial charge >= 0.3 is 6.09 Å². The van der Waals surface area contributed by atoms with Crippen molar-refractivity contribution < 1.29 is 19.4 Å². The van der Waals surface area contributed by atoms with Crippen LogP contribution in [-0.4, -0.2) is 48.9 Å². The first-order valence-electron chi connectivity index (χ1n) is 11.8. The first kappa shape index (κ1) is 23.8. The number of piperidine rings is 1. The van der Waals surface area contributed by atoms with E-state index in [2.05, 4.69) is 10.2 Å². The van der Waals surface area contributed by atoms with Crippen LogP contribution in [0, 0.1) is 5.21 Å². The monoisotopic (exact) mass is 467 g/mol. The number of benzene rings is 2. The van der Waals surface area contributed by atoms with Gasteiger partial charge in [-0.05, 0) is 43.5 Å². The molecule has 4 rings (SSSR count). The summed E-state index contributed by atoms with van der Waals surface area (Å²) in [6, 6.07) is 12.5. The Labute approximate surface area is 199 Å². The number of rotatable bonds is 8. The second-order valence-electron chi connectivity index (χ2n) is 8.75. The highest BCUT2D eigenvalue weighted by atomic mass is 16.6. The predicted molar refractivity (Wildman–Crippen MR) is 131 cm³/mol. The SMILES string of the molecule is CCCC(CO)NC(=O)c1ccc(N2CCC(N3C(=O)OCc4ccccc43)CC2)c(N[O-])c1. The molecule has 9 heteroatoms. The van der Waals surface area contributed by atoms with Gasteiger partial charge in [-0.15, -0.1) is 0 Å². The van der Waals surface area contributed by atoms with Crippen LogP contribution in [0.4, 0.5) is 21.9 Å². The highest BCUT2D eigenvalue weighted by Gasteiger charge is 2.34. The molecule has 0 aromatic heterocycles. The van der Waals surface area contributed by atoms with Crippen molar-refractivity contribution in [2.45, 2.75) is 51.3 Å². The van der Waals surface area contributed by atoms with E-state index in [0.29, 0.717) is 37.4 Å². The summed E-state index contributed by atoms with van der Waals surface area (Å²) in [6.45, 7) is 3.45. The lowest BCUT2D eigenvalue weighted by Gasteiger charge is -2.41. The molecule has 9 nitrogen and oxygen atoms in total. The first-order valence-corrected chi connectivity index (χ1v) is 11.8. The van der Waals surface area contributed by atoms with Crippen molar-refractivity contribution in [3.05, 3.63) is 58.8 Å². The number of nitrogens with one attached hydrogen (secondary N) is 2. The molecule has 0 aliphatic carbocycles. The summed E-state index contributed by atoms with van der Waals surface area (Å²) in [5, 5.41) is 24.0. The number of amides is 2. The number of anilines is 3. The van der Waals surface area contributed by atoms with E-state index in [0.717, 1.165) is 36.2 Å². The minimum Gasteiger partial charge on any atom is -0.761 e. The van der Waals surface area contributed by atoms with Gasteiger partial charge in [-0.1, -0.05) is 31.5 Å². The number of hydrogen-bond acceptors (Lipinski definition) is 7. The van der Waals surface area contributed by atoms with Crippen LogP contribution >= 0.6 is 0 Å². The molecule has 1 unspecified atom stereocenters. The normalized spacial score (nSPS) is 17.1. The van der Waals surface area contributed by atoms with Crippen molar-refractivity contribution in [3.63, 3.8) is 0 Å².